The van der Waals surface area contributed by atoms with E-state index in [1.807, 2.05) is 0 Å². The van der Waals surface area contributed by atoms with Crippen LogP contribution in [0.4, 0.5) is 26.3 Å². The number of halogens is 6. The lowest BCUT2D eigenvalue weighted by Gasteiger charge is -2.05. The Balaban J connectivity index is 2.96. The Kier molecular flexibility index (Phi) is 3.03. The second kappa shape index (κ2) is 3.78. The Morgan fingerprint density at radius 3 is 2.06 bits per heavy atom. The van der Waals surface area contributed by atoms with Crippen LogP contribution in [0, 0.1) is 0 Å². The highest BCUT2D eigenvalue weighted by Crippen LogP contribution is 2.32. The molecular formula is C5HF6NO4S. The Hall–Kier alpha value is -1.46. The predicted octanol–water partition coefficient (Wildman–Crippen LogP) is 1.92. The lowest BCUT2D eigenvalue weighted by atomic mass is 10.4. The van der Waals surface area contributed by atoms with E-state index in [9.17, 15) is 34.8 Å². The zero-order valence-corrected chi connectivity index (χ0v) is 8.15. The van der Waals surface area contributed by atoms with Crippen LogP contribution in [0.1, 0.15) is 5.69 Å². The number of rotatable bonds is 2. The van der Waals surface area contributed by atoms with Crippen molar-refractivity contribution in [2.24, 2.45) is 0 Å². The summed E-state index contributed by atoms with van der Waals surface area (Å²) < 4.78 is 98.7. The van der Waals surface area contributed by atoms with Gasteiger partial charge in [-0.25, -0.2) is 0 Å². The molecule has 0 N–H and O–H groups in total. The molecule has 5 nitrogen and oxygen atoms in total. The maximum absolute atomic E-state index is 11.9. The van der Waals surface area contributed by atoms with Gasteiger partial charge in [-0.05, 0) is 0 Å². The molecule has 1 aromatic heterocycles. The zero-order chi connectivity index (χ0) is 13.5. The zero-order valence-electron chi connectivity index (χ0n) is 7.33. The highest BCUT2D eigenvalue weighted by molar-refractivity contribution is 7.87. The van der Waals surface area contributed by atoms with Gasteiger partial charge in [-0.2, -0.15) is 34.8 Å². The third-order valence-electron chi connectivity index (χ3n) is 1.25. The highest BCUT2D eigenvalue weighted by atomic mass is 32.2. The molecule has 0 unspecified atom stereocenters. The van der Waals surface area contributed by atoms with Crippen LogP contribution < -0.4 is 4.18 Å². The minimum atomic E-state index is -6.08. The van der Waals surface area contributed by atoms with E-state index in [4.69, 9.17) is 0 Å². The summed E-state index contributed by atoms with van der Waals surface area (Å²) in [6.07, 6.45) is -4.99. The van der Waals surface area contributed by atoms with Crippen LogP contribution in [-0.4, -0.2) is 19.1 Å². The van der Waals surface area contributed by atoms with Gasteiger partial charge in [0.25, 0.3) is 0 Å². The Bertz CT molecular complexity index is 499. The molecule has 1 aromatic rings. The van der Waals surface area contributed by atoms with Gasteiger partial charge in [-0.15, -0.1) is 0 Å². The predicted molar refractivity (Wildman–Crippen MR) is 37.1 cm³/mol. The monoisotopic (exact) mass is 285 g/mol. The largest absolute Gasteiger partial charge is 0.534 e. The smallest absolute Gasteiger partial charge is 0.337 e. The molecule has 98 valence electrons. The maximum atomic E-state index is 11.9. The fourth-order valence-corrected chi connectivity index (χ4v) is 0.976. The third kappa shape index (κ3) is 3.01. The van der Waals surface area contributed by atoms with E-state index in [-0.39, 0.29) is 6.07 Å². The Morgan fingerprint density at radius 2 is 1.71 bits per heavy atom. The van der Waals surface area contributed by atoms with Crippen molar-refractivity contribution in [3.8, 4) is 5.95 Å². The molecule has 1 heterocycles. The lowest BCUT2D eigenvalue weighted by molar-refractivity contribution is -0.142. The van der Waals surface area contributed by atoms with Crippen LogP contribution in [0.25, 0.3) is 0 Å². The number of hydrogen-bond acceptors (Lipinski definition) is 5. The summed E-state index contributed by atoms with van der Waals surface area (Å²) in [6.45, 7) is 0. The first-order chi connectivity index (χ1) is 7.43. The standard InChI is InChI=1S/C5HF6NO4S/c6-4(7,8)2-1-3(15-12-2)16-17(13,14)5(9,10)11/h1H. The summed E-state index contributed by atoms with van der Waals surface area (Å²) in [6, 6.07) is -0.122. The Morgan fingerprint density at radius 1 is 1.18 bits per heavy atom. The van der Waals surface area contributed by atoms with Gasteiger partial charge < -0.3 is 8.71 Å². The summed E-state index contributed by atoms with van der Waals surface area (Å²) in [7, 11) is -6.08. The molecule has 0 spiro atoms. The van der Waals surface area contributed by atoms with E-state index >= 15 is 0 Å². The molecule has 0 bridgehead atoms. The van der Waals surface area contributed by atoms with Crippen molar-refractivity contribution < 1.29 is 43.5 Å². The average molecular weight is 285 g/mol. The second-order valence-electron chi connectivity index (χ2n) is 2.51. The van der Waals surface area contributed by atoms with Crippen molar-refractivity contribution in [1.29, 1.82) is 0 Å². The van der Waals surface area contributed by atoms with Gasteiger partial charge in [0.05, 0.1) is 6.07 Å². The first-order valence-corrected chi connectivity index (χ1v) is 4.89. The molecule has 1 rings (SSSR count). The number of hydrogen-bond donors (Lipinski definition) is 0. The minimum absolute atomic E-state index is 0.122. The number of nitrogens with zero attached hydrogens (tertiary/aromatic N) is 1. The summed E-state index contributed by atoms with van der Waals surface area (Å²) in [5, 5.41) is 2.30. The van der Waals surface area contributed by atoms with Crippen molar-refractivity contribution in [2.75, 3.05) is 0 Å². The van der Waals surface area contributed by atoms with E-state index in [0.717, 1.165) is 0 Å². The quantitative estimate of drug-likeness (QED) is 0.471. The third-order valence-corrected chi connectivity index (χ3v) is 2.20. The topological polar surface area (TPSA) is 69.4 Å². The summed E-state index contributed by atoms with van der Waals surface area (Å²) in [5.74, 6) is -1.53. The van der Waals surface area contributed by atoms with Crippen molar-refractivity contribution in [2.45, 2.75) is 11.7 Å². The number of alkyl halides is 6. The van der Waals surface area contributed by atoms with Gasteiger partial charge >= 0.3 is 27.7 Å². The van der Waals surface area contributed by atoms with E-state index in [2.05, 4.69) is 13.9 Å². The lowest BCUT2D eigenvalue weighted by Crippen LogP contribution is -2.27. The molecule has 0 aliphatic carbocycles. The first kappa shape index (κ1) is 13.6. The van der Waals surface area contributed by atoms with Gasteiger partial charge in [0.2, 0.25) is 0 Å². The van der Waals surface area contributed by atoms with Crippen LogP contribution in [0.3, 0.4) is 0 Å². The second-order valence-corrected chi connectivity index (χ2v) is 4.05. The van der Waals surface area contributed by atoms with Gasteiger partial charge in [0, 0.05) is 0 Å². The molecular weight excluding hydrogens is 284 g/mol. The molecule has 0 aliphatic rings. The molecule has 12 heteroatoms. The van der Waals surface area contributed by atoms with Crippen LogP contribution in [-0.2, 0) is 16.3 Å². The molecule has 17 heavy (non-hydrogen) atoms. The molecule has 0 radical (unpaired) electrons. The summed E-state index contributed by atoms with van der Waals surface area (Å²) in [5.41, 5.74) is -7.50. The van der Waals surface area contributed by atoms with Crippen LogP contribution in [0.5, 0.6) is 5.95 Å². The molecule has 0 atom stereocenters. The van der Waals surface area contributed by atoms with Crippen molar-refractivity contribution in [3.05, 3.63) is 11.8 Å². The highest BCUT2D eigenvalue weighted by Gasteiger charge is 2.49. The van der Waals surface area contributed by atoms with Crippen LogP contribution in [0.2, 0.25) is 0 Å². The maximum Gasteiger partial charge on any atom is 0.534 e. The summed E-state index contributed by atoms with van der Waals surface area (Å²) >= 11 is 0. The molecule has 0 aliphatic heterocycles. The van der Waals surface area contributed by atoms with Crippen LogP contribution >= 0.6 is 0 Å². The average Bonchev–Trinajstić information content (AvgIpc) is 2.48. The van der Waals surface area contributed by atoms with Crippen molar-refractivity contribution in [3.63, 3.8) is 0 Å². The van der Waals surface area contributed by atoms with E-state index in [1.54, 1.807) is 0 Å². The van der Waals surface area contributed by atoms with Gasteiger partial charge in [0.15, 0.2) is 5.69 Å². The first-order valence-electron chi connectivity index (χ1n) is 3.48. The van der Waals surface area contributed by atoms with Crippen LogP contribution in [0.15, 0.2) is 10.6 Å². The molecule has 0 aromatic carbocycles. The fraction of sp³-hybridized carbons (Fsp3) is 0.400. The van der Waals surface area contributed by atoms with E-state index in [0.29, 0.717) is 0 Å². The van der Waals surface area contributed by atoms with Gasteiger partial charge in [-0.1, -0.05) is 5.16 Å². The Labute approximate surface area is 89.1 Å². The van der Waals surface area contributed by atoms with Gasteiger partial charge in [0.1, 0.15) is 0 Å². The van der Waals surface area contributed by atoms with Crippen molar-refractivity contribution in [1.82, 2.24) is 5.16 Å². The molecule has 0 amide bonds. The van der Waals surface area contributed by atoms with E-state index < -0.39 is 33.4 Å². The van der Waals surface area contributed by atoms with Crippen molar-refractivity contribution >= 4 is 10.1 Å². The number of aromatic nitrogens is 1. The molecule has 0 saturated heterocycles. The fourth-order valence-electron chi connectivity index (χ4n) is 0.587. The summed E-state index contributed by atoms with van der Waals surface area (Å²) in [4.78, 5) is 0. The minimum Gasteiger partial charge on any atom is -0.337 e. The molecule has 0 fully saturated rings. The normalized spacial score (nSPS) is 13.8. The van der Waals surface area contributed by atoms with Gasteiger partial charge in [-0.3, -0.25) is 0 Å². The molecule has 0 saturated carbocycles. The SMILES string of the molecule is O=S(=O)(Oc1cc(C(F)(F)F)no1)C(F)(F)F. The van der Waals surface area contributed by atoms with E-state index in [1.165, 1.54) is 0 Å².